The van der Waals surface area contributed by atoms with E-state index in [4.69, 9.17) is 9.47 Å². The molecule has 1 aliphatic heterocycles. The van der Waals surface area contributed by atoms with Crippen molar-refractivity contribution in [1.29, 1.82) is 0 Å². The van der Waals surface area contributed by atoms with Crippen molar-refractivity contribution in [2.75, 3.05) is 7.11 Å². The monoisotopic (exact) mass is 487 g/mol. The normalized spacial score (nSPS) is 29.3. The van der Waals surface area contributed by atoms with E-state index in [1.54, 1.807) is 30.3 Å². The predicted molar refractivity (Wildman–Crippen MR) is 115 cm³/mol. The number of rotatable bonds is 4. The van der Waals surface area contributed by atoms with E-state index >= 15 is 0 Å². The zero-order valence-corrected chi connectivity index (χ0v) is 18.2. The molecule has 2 heterocycles. The Morgan fingerprint density at radius 2 is 1.74 bits per heavy atom. The molecule has 7 nitrogen and oxygen atoms in total. The minimum absolute atomic E-state index is 0.0212. The average molecular weight is 487 g/mol. The van der Waals surface area contributed by atoms with Crippen LogP contribution in [0.25, 0.3) is 0 Å². The highest BCUT2D eigenvalue weighted by atomic mass is 19.4. The fourth-order valence-electron chi connectivity index (χ4n) is 5.58. The molecule has 10 heteroatoms. The van der Waals surface area contributed by atoms with Crippen molar-refractivity contribution in [3.05, 3.63) is 89.2 Å². The van der Waals surface area contributed by atoms with E-state index in [1.807, 2.05) is 0 Å². The quantitative estimate of drug-likeness (QED) is 0.517. The molecule has 0 bridgehead atoms. The van der Waals surface area contributed by atoms with Gasteiger partial charge in [-0.1, -0.05) is 42.5 Å². The van der Waals surface area contributed by atoms with Gasteiger partial charge >= 0.3 is 12.1 Å². The Bertz CT molecular complexity index is 1280. The predicted octanol–water partition coefficient (Wildman–Crippen LogP) is 3.44. The summed E-state index contributed by atoms with van der Waals surface area (Å²) in [6, 6.07) is 12.2. The lowest BCUT2D eigenvalue weighted by Crippen LogP contribution is -2.52. The molecule has 1 aromatic heterocycles. The lowest BCUT2D eigenvalue weighted by molar-refractivity contribution is -0.159. The van der Waals surface area contributed by atoms with Gasteiger partial charge in [-0.3, -0.25) is 9.78 Å². The molecule has 0 spiro atoms. The molecule has 5 atom stereocenters. The third-order valence-corrected chi connectivity index (χ3v) is 6.96. The Labute approximate surface area is 197 Å². The van der Waals surface area contributed by atoms with Crippen molar-refractivity contribution < 1.29 is 42.8 Å². The summed E-state index contributed by atoms with van der Waals surface area (Å²) < 4.78 is 51.5. The minimum atomic E-state index is -4.61. The van der Waals surface area contributed by atoms with Gasteiger partial charge in [0.25, 0.3) is 0 Å². The SMILES string of the molecule is COc1cncc2c1C1(O)C(O)C(C(=O)O)C(c3ccccc3)C1(c1ccc(C(F)(F)F)cc1)O2. The van der Waals surface area contributed by atoms with Gasteiger partial charge < -0.3 is 24.8 Å². The van der Waals surface area contributed by atoms with Crippen molar-refractivity contribution >= 4 is 5.97 Å². The van der Waals surface area contributed by atoms with Crippen LogP contribution in [0.1, 0.15) is 28.2 Å². The molecule has 182 valence electrons. The number of carbonyl (C=O) groups is 1. The molecule has 1 saturated carbocycles. The number of aliphatic carboxylic acids is 1. The van der Waals surface area contributed by atoms with E-state index in [1.165, 1.54) is 19.5 Å². The van der Waals surface area contributed by atoms with Crippen LogP contribution in [0, 0.1) is 5.92 Å². The molecule has 1 fully saturated rings. The highest BCUT2D eigenvalue weighted by molar-refractivity contribution is 5.76. The van der Waals surface area contributed by atoms with Crippen LogP contribution in [-0.2, 0) is 22.2 Å². The Hall–Kier alpha value is -3.63. The number of aromatic nitrogens is 1. The number of aliphatic hydroxyl groups excluding tert-OH is 1. The number of benzene rings is 2. The van der Waals surface area contributed by atoms with Crippen LogP contribution in [0.3, 0.4) is 0 Å². The first-order valence-electron chi connectivity index (χ1n) is 10.6. The summed E-state index contributed by atoms with van der Waals surface area (Å²) in [7, 11) is 1.31. The van der Waals surface area contributed by atoms with Crippen molar-refractivity contribution in [2.45, 2.75) is 29.4 Å². The van der Waals surface area contributed by atoms with Gasteiger partial charge in [0.15, 0.2) is 11.2 Å². The minimum Gasteiger partial charge on any atom is -0.495 e. The molecule has 5 rings (SSSR count). The maximum absolute atomic E-state index is 13.3. The number of fused-ring (bicyclic) bond motifs is 3. The fourth-order valence-corrected chi connectivity index (χ4v) is 5.58. The van der Waals surface area contributed by atoms with Gasteiger partial charge in [0, 0.05) is 5.92 Å². The van der Waals surface area contributed by atoms with Crippen LogP contribution in [0.5, 0.6) is 11.5 Å². The zero-order valence-electron chi connectivity index (χ0n) is 18.2. The van der Waals surface area contributed by atoms with Crippen LogP contribution >= 0.6 is 0 Å². The molecule has 1 aliphatic carbocycles. The van der Waals surface area contributed by atoms with Crippen molar-refractivity contribution in [3.63, 3.8) is 0 Å². The molecule has 0 amide bonds. The van der Waals surface area contributed by atoms with Gasteiger partial charge in [0.2, 0.25) is 0 Å². The maximum atomic E-state index is 13.3. The Balaban J connectivity index is 1.85. The van der Waals surface area contributed by atoms with E-state index in [0.29, 0.717) is 5.56 Å². The molecule has 5 unspecified atom stereocenters. The lowest BCUT2D eigenvalue weighted by Gasteiger charge is -2.40. The maximum Gasteiger partial charge on any atom is 0.416 e. The van der Waals surface area contributed by atoms with Gasteiger partial charge in [-0.25, -0.2) is 0 Å². The molecule has 2 aliphatic rings. The van der Waals surface area contributed by atoms with Gasteiger partial charge in [0.1, 0.15) is 17.6 Å². The molecule has 3 N–H and O–H groups in total. The second-order valence-electron chi connectivity index (χ2n) is 8.59. The van der Waals surface area contributed by atoms with Gasteiger partial charge in [0.05, 0.1) is 36.5 Å². The van der Waals surface area contributed by atoms with E-state index < -0.39 is 46.9 Å². The number of alkyl halides is 3. The number of carboxylic acid groups (broad SMARTS) is 1. The van der Waals surface area contributed by atoms with Crippen molar-refractivity contribution in [1.82, 2.24) is 4.98 Å². The Morgan fingerprint density at radius 3 is 2.31 bits per heavy atom. The number of methoxy groups -OCH3 is 1. The summed E-state index contributed by atoms with van der Waals surface area (Å²) in [6.45, 7) is 0. The van der Waals surface area contributed by atoms with Gasteiger partial charge in [-0.15, -0.1) is 0 Å². The van der Waals surface area contributed by atoms with E-state index in [0.717, 1.165) is 24.3 Å². The molecule has 0 saturated heterocycles. The highest BCUT2D eigenvalue weighted by Gasteiger charge is 2.78. The van der Waals surface area contributed by atoms with Crippen LogP contribution in [0.15, 0.2) is 67.0 Å². The fraction of sp³-hybridized carbons (Fsp3) is 0.280. The summed E-state index contributed by atoms with van der Waals surface area (Å²) in [5.74, 6) is -4.12. The molecular formula is C25H20F3NO6. The summed E-state index contributed by atoms with van der Waals surface area (Å²) in [6.07, 6.45) is -3.96. The van der Waals surface area contributed by atoms with E-state index in [2.05, 4.69) is 4.98 Å². The third kappa shape index (κ3) is 2.99. The first-order chi connectivity index (χ1) is 16.6. The molecule has 35 heavy (non-hydrogen) atoms. The molecule has 0 radical (unpaired) electrons. The van der Waals surface area contributed by atoms with Crippen molar-refractivity contribution in [3.8, 4) is 11.5 Å². The first-order valence-corrected chi connectivity index (χ1v) is 10.6. The van der Waals surface area contributed by atoms with Gasteiger partial charge in [-0.05, 0) is 23.3 Å². The summed E-state index contributed by atoms with van der Waals surface area (Å²) in [5.41, 5.74) is -4.90. The number of pyridine rings is 1. The lowest BCUT2D eigenvalue weighted by atomic mass is 9.70. The third-order valence-electron chi connectivity index (χ3n) is 6.96. The summed E-state index contributed by atoms with van der Waals surface area (Å²) >= 11 is 0. The van der Waals surface area contributed by atoms with Gasteiger partial charge in [-0.2, -0.15) is 13.2 Å². The number of nitrogens with zero attached hydrogens (tertiary/aromatic N) is 1. The number of aliphatic hydroxyl groups is 2. The second kappa shape index (κ2) is 7.69. The Morgan fingerprint density at radius 1 is 1.09 bits per heavy atom. The number of carboxylic acids is 1. The molecule has 2 aromatic carbocycles. The average Bonchev–Trinajstić information content (AvgIpc) is 3.22. The van der Waals surface area contributed by atoms with E-state index in [-0.39, 0.29) is 22.6 Å². The smallest absolute Gasteiger partial charge is 0.416 e. The number of ether oxygens (including phenoxy) is 2. The van der Waals surface area contributed by atoms with Crippen LogP contribution < -0.4 is 9.47 Å². The Kier molecular flexibility index (Phi) is 5.08. The summed E-state index contributed by atoms with van der Waals surface area (Å²) in [4.78, 5) is 16.5. The summed E-state index contributed by atoms with van der Waals surface area (Å²) in [5, 5.41) is 33.9. The zero-order chi connectivity index (χ0) is 25.2. The first kappa shape index (κ1) is 23.1. The largest absolute Gasteiger partial charge is 0.495 e. The van der Waals surface area contributed by atoms with E-state index in [9.17, 15) is 33.3 Å². The number of hydrogen-bond acceptors (Lipinski definition) is 6. The van der Waals surface area contributed by atoms with Crippen LogP contribution in [-0.4, -0.2) is 39.5 Å². The van der Waals surface area contributed by atoms with Crippen LogP contribution in [0.2, 0.25) is 0 Å². The topological polar surface area (TPSA) is 109 Å². The standard InChI is InChI=1S/C25H20F3NO6/c1-34-16-11-29-12-17-20(16)23(33)21(30)18(22(31)32)19(13-5-3-2-4-6-13)24(23,35-17)14-7-9-15(10-8-14)25(26,27)28/h2-12,18-19,21,30,33H,1H3,(H,31,32). The van der Waals surface area contributed by atoms with Crippen molar-refractivity contribution in [2.24, 2.45) is 5.92 Å². The molecule has 3 aromatic rings. The van der Waals surface area contributed by atoms with Crippen LogP contribution in [0.4, 0.5) is 13.2 Å². The number of hydrogen-bond donors (Lipinski definition) is 3. The molecular weight excluding hydrogens is 467 g/mol. The highest BCUT2D eigenvalue weighted by Crippen LogP contribution is 2.69. The second-order valence-corrected chi connectivity index (χ2v) is 8.59. The number of halogens is 3.